The number of pyridine rings is 1. The smallest absolute Gasteiger partial charge is 0.213 e. The zero-order chi connectivity index (χ0) is 12.1. The third kappa shape index (κ3) is 3.18. The molecular weight excluding hydrogens is 214 g/mol. The molecule has 1 saturated heterocycles. The van der Waals surface area contributed by atoms with E-state index in [-0.39, 0.29) is 0 Å². The highest BCUT2D eigenvalue weighted by Gasteiger charge is 2.20. The van der Waals surface area contributed by atoms with Crippen LogP contribution in [0.25, 0.3) is 0 Å². The average molecular weight is 231 g/mol. The van der Waals surface area contributed by atoms with Crippen LogP contribution in [0.5, 0.6) is 5.88 Å². The molecule has 1 fully saturated rings. The molecule has 17 heavy (non-hydrogen) atoms. The summed E-state index contributed by atoms with van der Waals surface area (Å²) in [5.41, 5.74) is 0.563. The zero-order valence-electron chi connectivity index (χ0n) is 10.1. The maximum absolute atomic E-state index is 8.64. The number of ether oxygens (including phenoxy) is 1. The van der Waals surface area contributed by atoms with Crippen molar-refractivity contribution >= 4 is 0 Å². The maximum Gasteiger partial charge on any atom is 0.213 e. The molecule has 0 radical (unpaired) electrons. The van der Waals surface area contributed by atoms with E-state index < -0.39 is 0 Å². The summed E-state index contributed by atoms with van der Waals surface area (Å²) in [7, 11) is 2.16. The summed E-state index contributed by atoms with van der Waals surface area (Å²) in [5, 5.41) is 8.64. The van der Waals surface area contributed by atoms with Gasteiger partial charge >= 0.3 is 0 Å². The number of rotatable bonds is 4. The van der Waals surface area contributed by atoms with Crippen LogP contribution in [-0.2, 0) is 0 Å². The summed E-state index contributed by atoms with van der Waals surface area (Å²) >= 11 is 0. The fourth-order valence-electron chi connectivity index (χ4n) is 2.18. The molecule has 1 aliphatic rings. The van der Waals surface area contributed by atoms with Crippen molar-refractivity contribution in [2.75, 3.05) is 20.2 Å². The fraction of sp³-hybridized carbons (Fsp3) is 0.538. The van der Waals surface area contributed by atoms with E-state index in [1.54, 1.807) is 12.1 Å². The molecule has 0 saturated carbocycles. The number of hydrogen-bond donors (Lipinski definition) is 0. The number of nitrogens with zero attached hydrogens (tertiary/aromatic N) is 3. The Bertz CT molecular complexity index is 396. The van der Waals surface area contributed by atoms with E-state index in [9.17, 15) is 0 Å². The van der Waals surface area contributed by atoms with E-state index in [1.807, 2.05) is 6.07 Å². The number of aromatic nitrogens is 1. The maximum atomic E-state index is 8.64. The van der Waals surface area contributed by atoms with Crippen molar-refractivity contribution in [3.63, 3.8) is 0 Å². The third-order valence-electron chi connectivity index (χ3n) is 3.24. The van der Waals surface area contributed by atoms with Gasteiger partial charge in [-0.25, -0.2) is 4.98 Å². The second-order valence-electron chi connectivity index (χ2n) is 4.41. The van der Waals surface area contributed by atoms with Crippen molar-refractivity contribution in [3.8, 4) is 11.9 Å². The summed E-state index contributed by atoms with van der Waals surface area (Å²) in [6.45, 7) is 1.88. The van der Waals surface area contributed by atoms with Gasteiger partial charge in [0.05, 0.1) is 12.2 Å². The van der Waals surface area contributed by atoms with Gasteiger partial charge in [-0.05, 0) is 38.9 Å². The van der Waals surface area contributed by atoms with Crippen molar-refractivity contribution in [1.82, 2.24) is 9.88 Å². The van der Waals surface area contributed by atoms with Gasteiger partial charge in [-0.15, -0.1) is 0 Å². The highest BCUT2D eigenvalue weighted by molar-refractivity contribution is 5.28. The molecule has 2 heterocycles. The molecule has 1 aromatic rings. The molecule has 0 aliphatic carbocycles. The first-order valence-corrected chi connectivity index (χ1v) is 5.99. The Balaban J connectivity index is 1.76. The lowest BCUT2D eigenvalue weighted by Crippen LogP contribution is -2.26. The molecule has 0 spiro atoms. The first-order chi connectivity index (χ1) is 8.29. The average Bonchev–Trinajstić information content (AvgIpc) is 2.76. The van der Waals surface area contributed by atoms with Crippen LogP contribution in [0.4, 0.5) is 0 Å². The van der Waals surface area contributed by atoms with Crippen LogP contribution in [0, 0.1) is 11.3 Å². The van der Waals surface area contributed by atoms with Crippen LogP contribution >= 0.6 is 0 Å². The number of hydrogen-bond acceptors (Lipinski definition) is 4. The quantitative estimate of drug-likeness (QED) is 0.793. The second-order valence-corrected chi connectivity index (χ2v) is 4.41. The van der Waals surface area contributed by atoms with E-state index in [0.29, 0.717) is 24.1 Å². The molecule has 4 nitrogen and oxygen atoms in total. The fourth-order valence-corrected chi connectivity index (χ4v) is 2.18. The predicted octanol–water partition coefficient (Wildman–Crippen LogP) is 1.82. The highest BCUT2D eigenvalue weighted by atomic mass is 16.5. The molecule has 1 aliphatic heterocycles. The lowest BCUT2D eigenvalue weighted by Gasteiger charge is -2.18. The minimum absolute atomic E-state index is 0.563. The lowest BCUT2D eigenvalue weighted by molar-refractivity contribution is 0.228. The Labute approximate surface area is 102 Å². The van der Waals surface area contributed by atoms with Crippen molar-refractivity contribution < 1.29 is 4.74 Å². The molecular formula is C13H17N3O. The largest absolute Gasteiger partial charge is 0.478 e. The summed E-state index contributed by atoms with van der Waals surface area (Å²) in [4.78, 5) is 6.46. The molecule has 0 N–H and O–H groups in total. The first-order valence-electron chi connectivity index (χ1n) is 5.99. The van der Waals surface area contributed by atoms with Crippen LogP contribution in [0.1, 0.15) is 24.8 Å². The highest BCUT2D eigenvalue weighted by Crippen LogP contribution is 2.18. The van der Waals surface area contributed by atoms with E-state index in [2.05, 4.69) is 16.9 Å². The summed E-state index contributed by atoms with van der Waals surface area (Å²) in [6.07, 6.45) is 5.13. The Morgan fingerprint density at radius 1 is 1.59 bits per heavy atom. The number of likely N-dealkylation sites (tertiary alicyclic amines) is 1. The second kappa shape index (κ2) is 5.65. The lowest BCUT2D eigenvalue weighted by atomic mass is 10.1. The van der Waals surface area contributed by atoms with Gasteiger partial charge in [0.25, 0.3) is 0 Å². The van der Waals surface area contributed by atoms with E-state index >= 15 is 0 Å². The molecule has 1 unspecified atom stereocenters. The van der Waals surface area contributed by atoms with Gasteiger partial charge in [0.1, 0.15) is 6.07 Å². The van der Waals surface area contributed by atoms with Gasteiger partial charge in [-0.2, -0.15) is 5.26 Å². The van der Waals surface area contributed by atoms with Crippen LogP contribution in [0.15, 0.2) is 18.3 Å². The minimum atomic E-state index is 0.563. The van der Waals surface area contributed by atoms with Gasteiger partial charge in [-0.1, -0.05) is 0 Å². The van der Waals surface area contributed by atoms with E-state index in [4.69, 9.17) is 10.00 Å². The topological polar surface area (TPSA) is 49.1 Å². The van der Waals surface area contributed by atoms with E-state index in [0.717, 1.165) is 6.42 Å². The Morgan fingerprint density at radius 2 is 2.47 bits per heavy atom. The normalized spacial score (nSPS) is 20.1. The number of nitriles is 1. The molecule has 4 heteroatoms. The zero-order valence-corrected chi connectivity index (χ0v) is 10.1. The summed E-state index contributed by atoms with van der Waals surface area (Å²) < 4.78 is 5.57. The summed E-state index contributed by atoms with van der Waals surface area (Å²) in [5.74, 6) is 0.602. The van der Waals surface area contributed by atoms with Gasteiger partial charge in [-0.3, -0.25) is 0 Å². The molecule has 90 valence electrons. The third-order valence-corrected chi connectivity index (χ3v) is 3.24. The monoisotopic (exact) mass is 231 g/mol. The molecule has 0 bridgehead atoms. The standard InChI is InChI=1S/C13H17N3O/c1-16-7-2-3-12(16)6-8-17-13-5-4-11(9-14)10-15-13/h4-5,10,12H,2-3,6-8H2,1H3. The van der Waals surface area contributed by atoms with Gasteiger partial charge < -0.3 is 9.64 Å². The molecule has 2 rings (SSSR count). The SMILES string of the molecule is CN1CCCC1CCOc1ccc(C#N)cn1. The molecule has 0 aromatic carbocycles. The minimum Gasteiger partial charge on any atom is -0.478 e. The molecule has 1 aromatic heterocycles. The van der Waals surface area contributed by atoms with Gasteiger partial charge in [0.2, 0.25) is 5.88 Å². The Kier molecular flexibility index (Phi) is 3.94. The van der Waals surface area contributed by atoms with E-state index in [1.165, 1.54) is 25.6 Å². The van der Waals surface area contributed by atoms with Crippen LogP contribution < -0.4 is 4.74 Å². The Morgan fingerprint density at radius 3 is 3.06 bits per heavy atom. The van der Waals surface area contributed by atoms with Crippen LogP contribution in [-0.4, -0.2) is 36.1 Å². The van der Waals surface area contributed by atoms with Crippen molar-refractivity contribution in [3.05, 3.63) is 23.9 Å². The van der Waals surface area contributed by atoms with Crippen molar-refractivity contribution in [2.45, 2.75) is 25.3 Å². The van der Waals surface area contributed by atoms with Crippen molar-refractivity contribution in [2.24, 2.45) is 0 Å². The Hall–Kier alpha value is -1.60. The molecule has 1 atom stereocenters. The van der Waals surface area contributed by atoms with Gasteiger partial charge in [0.15, 0.2) is 0 Å². The predicted molar refractivity (Wildman–Crippen MR) is 64.7 cm³/mol. The molecule has 0 amide bonds. The van der Waals surface area contributed by atoms with Crippen LogP contribution in [0.2, 0.25) is 0 Å². The van der Waals surface area contributed by atoms with Crippen LogP contribution in [0.3, 0.4) is 0 Å². The summed E-state index contributed by atoms with van der Waals surface area (Å²) in [6, 6.07) is 6.16. The van der Waals surface area contributed by atoms with Gasteiger partial charge in [0, 0.05) is 18.3 Å². The van der Waals surface area contributed by atoms with Crippen molar-refractivity contribution in [1.29, 1.82) is 5.26 Å². The first kappa shape index (κ1) is 11.9.